The molecule has 0 amide bonds. The van der Waals surface area contributed by atoms with Crippen LogP contribution in [0.25, 0.3) is 0 Å². The van der Waals surface area contributed by atoms with Crippen LogP contribution in [0.3, 0.4) is 0 Å². The summed E-state index contributed by atoms with van der Waals surface area (Å²) in [7, 11) is 0. The van der Waals surface area contributed by atoms with E-state index in [-0.39, 0.29) is 0 Å². The normalized spacial score (nSPS) is 27.1. The van der Waals surface area contributed by atoms with Crippen molar-refractivity contribution in [1.29, 1.82) is 0 Å². The minimum atomic E-state index is 0.749. The van der Waals surface area contributed by atoms with Gasteiger partial charge in [0, 0.05) is 18.0 Å². The summed E-state index contributed by atoms with van der Waals surface area (Å²) in [5.74, 6) is 3.38. The van der Waals surface area contributed by atoms with Crippen LogP contribution in [0.1, 0.15) is 51.5 Å². The molecule has 1 aliphatic carbocycles. The minimum absolute atomic E-state index is 0.749. The van der Waals surface area contributed by atoms with Crippen molar-refractivity contribution in [3.8, 4) is 0 Å². The van der Waals surface area contributed by atoms with Crippen molar-refractivity contribution in [2.24, 2.45) is 23.7 Å². The smallest absolute Gasteiger partial charge is 0.0927 e. The van der Waals surface area contributed by atoms with E-state index in [4.69, 9.17) is 0 Å². The third kappa shape index (κ3) is 4.85. The Labute approximate surface area is 128 Å². The fourth-order valence-electron chi connectivity index (χ4n) is 3.45. The maximum atomic E-state index is 4.50. The molecule has 0 bridgehead atoms. The van der Waals surface area contributed by atoms with E-state index in [1.54, 1.807) is 0 Å². The molecule has 0 aromatic carbocycles. The lowest BCUT2D eigenvalue weighted by molar-refractivity contribution is 0.170. The van der Waals surface area contributed by atoms with E-state index in [2.05, 4.69) is 36.5 Å². The van der Waals surface area contributed by atoms with Crippen molar-refractivity contribution in [3.05, 3.63) is 16.6 Å². The number of nitrogens with one attached hydrogen (secondary N) is 1. The second-order valence-electron chi connectivity index (χ2n) is 6.79. The summed E-state index contributed by atoms with van der Waals surface area (Å²) in [4.78, 5) is 4.50. The number of hydrogen-bond acceptors (Lipinski definition) is 3. The Balaban J connectivity index is 1.89. The molecule has 3 unspecified atom stereocenters. The zero-order valence-corrected chi connectivity index (χ0v) is 14.1. The molecule has 0 aliphatic heterocycles. The van der Waals surface area contributed by atoms with Crippen molar-refractivity contribution in [1.82, 2.24) is 10.3 Å². The first-order valence-electron chi connectivity index (χ1n) is 8.28. The van der Waals surface area contributed by atoms with E-state index >= 15 is 0 Å². The summed E-state index contributed by atoms with van der Waals surface area (Å²) in [6.45, 7) is 9.27. The molecule has 0 saturated heterocycles. The molecule has 114 valence electrons. The highest BCUT2D eigenvalue weighted by Gasteiger charge is 2.30. The van der Waals surface area contributed by atoms with Crippen molar-refractivity contribution in [3.63, 3.8) is 0 Å². The Bertz CT molecular complexity index is 361. The Morgan fingerprint density at radius 1 is 1.35 bits per heavy atom. The fourth-order valence-corrected chi connectivity index (χ4v) is 4.16. The van der Waals surface area contributed by atoms with Gasteiger partial charge in [0.25, 0.3) is 0 Å². The largest absolute Gasteiger partial charge is 0.316 e. The molecule has 1 saturated carbocycles. The van der Waals surface area contributed by atoms with Gasteiger partial charge in [0.15, 0.2) is 0 Å². The minimum Gasteiger partial charge on any atom is -0.316 e. The zero-order chi connectivity index (χ0) is 14.4. The number of thiazole rings is 1. The third-order valence-corrected chi connectivity index (χ3v) is 5.51. The fraction of sp³-hybridized carbons (Fsp3) is 0.824. The average Bonchev–Trinajstić information content (AvgIpc) is 2.93. The number of nitrogens with zero attached hydrogens (tertiary/aromatic N) is 1. The molecule has 0 spiro atoms. The van der Waals surface area contributed by atoms with Gasteiger partial charge in [0.1, 0.15) is 0 Å². The van der Waals surface area contributed by atoms with Crippen LogP contribution in [0, 0.1) is 23.7 Å². The molecule has 20 heavy (non-hydrogen) atoms. The summed E-state index contributed by atoms with van der Waals surface area (Å²) in [5, 5.41) is 7.13. The highest BCUT2D eigenvalue weighted by atomic mass is 32.1. The summed E-state index contributed by atoms with van der Waals surface area (Å²) >= 11 is 1.82. The van der Waals surface area contributed by atoms with E-state index in [0.717, 1.165) is 30.2 Å². The number of hydrogen-bond donors (Lipinski definition) is 1. The molecule has 0 radical (unpaired) electrons. The Kier molecular flexibility index (Phi) is 6.50. The predicted octanol–water partition coefficient (Wildman–Crippen LogP) is 4.37. The standard InChI is InChI=1S/C17H30N2S/c1-4-14-5-6-15(12-18-11-13(2)3)16(9-14)10-17-19-7-8-20-17/h7-8,13-16,18H,4-6,9-12H2,1-3H3. The molecule has 1 aromatic heterocycles. The molecule has 1 heterocycles. The molecule has 2 nitrogen and oxygen atoms in total. The number of aromatic nitrogens is 1. The summed E-state index contributed by atoms with van der Waals surface area (Å²) in [5.41, 5.74) is 0. The maximum Gasteiger partial charge on any atom is 0.0927 e. The SMILES string of the molecule is CCC1CCC(CNCC(C)C)C(Cc2nccs2)C1. The zero-order valence-electron chi connectivity index (χ0n) is 13.3. The van der Waals surface area contributed by atoms with Crippen molar-refractivity contribution >= 4 is 11.3 Å². The van der Waals surface area contributed by atoms with Crippen LogP contribution in [0.15, 0.2) is 11.6 Å². The van der Waals surface area contributed by atoms with Gasteiger partial charge in [-0.3, -0.25) is 0 Å². The van der Waals surface area contributed by atoms with E-state index in [1.807, 2.05) is 17.5 Å². The molecule has 1 fully saturated rings. The van der Waals surface area contributed by atoms with Gasteiger partial charge in [-0.25, -0.2) is 4.98 Å². The number of rotatable bonds is 7. The van der Waals surface area contributed by atoms with E-state index in [1.165, 1.54) is 43.7 Å². The highest BCUT2D eigenvalue weighted by molar-refractivity contribution is 7.09. The van der Waals surface area contributed by atoms with Crippen LogP contribution >= 0.6 is 11.3 Å². The lowest BCUT2D eigenvalue weighted by atomic mass is 9.72. The first-order chi connectivity index (χ1) is 9.69. The van der Waals surface area contributed by atoms with Gasteiger partial charge in [0.2, 0.25) is 0 Å². The molecule has 3 atom stereocenters. The third-order valence-electron chi connectivity index (χ3n) is 4.71. The van der Waals surface area contributed by atoms with Gasteiger partial charge in [-0.15, -0.1) is 11.3 Å². The lowest BCUT2D eigenvalue weighted by Gasteiger charge is -2.36. The summed E-state index contributed by atoms with van der Waals surface area (Å²) in [6, 6.07) is 0. The monoisotopic (exact) mass is 294 g/mol. The first-order valence-corrected chi connectivity index (χ1v) is 9.16. The van der Waals surface area contributed by atoms with Gasteiger partial charge in [0.05, 0.1) is 5.01 Å². The van der Waals surface area contributed by atoms with Crippen molar-refractivity contribution in [2.45, 2.75) is 52.9 Å². The Morgan fingerprint density at radius 3 is 2.85 bits per heavy atom. The van der Waals surface area contributed by atoms with Crippen LogP contribution in [-0.2, 0) is 6.42 Å². The molecule has 1 N–H and O–H groups in total. The van der Waals surface area contributed by atoms with Crippen LogP contribution in [0.5, 0.6) is 0 Å². The molecule has 1 aromatic rings. The summed E-state index contributed by atoms with van der Waals surface area (Å²) < 4.78 is 0. The van der Waals surface area contributed by atoms with Gasteiger partial charge < -0.3 is 5.32 Å². The van der Waals surface area contributed by atoms with Gasteiger partial charge >= 0.3 is 0 Å². The lowest BCUT2D eigenvalue weighted by Crippen LogP contribution is -2.35. The predicted molar refractivity (Wildman–Crippen MR) is 88.1 cm³/mol. The Hall–Kier alpha value is -0.410. The quantitative estimate of drug-likeness (QED) is 0.807. The van der Waals surface area contributed by atoms with Gasteiger partial charge in [-0.1, -0.05) is 33.6 Å². The van der Waals surface area contributed by atoms with Gasteiger partial charge in [-0.05, 0) is 49.6 Å². The first kappa shape index (κ1) is 16.0. The molecule has 1 aliphatic rings. The van der Waals surface area contributed by atoms with Crippen LogP contribution in [0.2, 0.25) is 0 Å². The highest BCUT2D eigenvalue weighted by Crippen LogP contribution is 2.37. The molecular formula is C17H30N2S. The maximum absolute atomic E-state index is 4.50. The van der Waals surface area contributed by atoms with Crippen LogP contribution < -0.4 is 5.32 Å². The molecular weight excluding hydrogens is 264 g/mol. The molecule has 2 rings (SSSR count). The second kappa shape index (κ2) is 8.14. The van der Waals surface area contributed by atoms with Crippen molar-refractivity contribution < 1.29 is 0 Å². The van der Waals surface area contributed by atoms with E-state index < -0.39 is 0 Å². The summed E-state index contributed by atoms with van der Waals surface area (Å²) in [6.07, 6.45) is 8.73. The average molecular weight is 295 g/mol. The van der Waals surface area contributed by atoms with Gasteiger partial charge in [-0.2, -0.15) is 0 Å². The van der Waals surface area contributed by atoms with Crippen LogP contribution in [-0.4, -0.2) is 18.1 Å². The Morgan fingerprint density at radius 2 is 2.20 bits per heavy atom. The van der Waals surface area contributed by atoms with Crippen LogP contribution in [0.4, 0.5) is 0 Å². The van der Waals surface area contributed by atoms with Crippen molar-refractivity contribution in [2.75, 3.05) is 13.1 Å². The van der Waals surface area contributed by atoms with E-state index in [9.17, 15) is 0 Å². The molecule has 3 heteroatoms. The second-order valence-corrected chi connectivity index (χ2v) is 7.77. The topological polar surface area (TPSA) is 24.9 Å². The van der Waals surface area contributed by atoms with E-state index in [0.29, 0.717) is 0 Å².